The Morgan fingerprint density at radius 1 is 1.16 bits per heavy atom. The molecule has 0 bridgehead atoms. The number of carbonyl (C=O) groups is 1. The Labute approximate surface area is 219 Å². The van der Waals surface area contributed by atoms with E-state index in [-0.39, 0.29) is 17.0 Å². The monoisotopic (exact) mass is 528 g/mol. The Kier molecular flexibility index (Phi) is 7.87. The van der Waals surface area contributed by atoms with Gasteiger partial charge in [-0.05, 0) is 43.7 Å². The lowest BCUT2D eigenvalue weighted by Gasteiger charge is -2.37. The van der Waals surface area contributed by atoms with Crippen LogP contribution in [0.4, 0.5) is 21.6 Å². The first-order chi connectivity index (χ1) is 18.0. The quantitative estimate of drug-likeness (QED) is 0.243. The standard InChI is InChI=1S/C26H30ClFN6O3/c27-20-11-17(3-4-21(20)28)32-26-19-13-22(29)24(14-23(19)30-16-31-26)36-10-2-1-5-33-6-8-34(9-7-33)18-12-25(35)37-15-18/h3-4,11,13-14,16,18H,1-2,5-10,12,15,29H2,(H,30,31,32). The predicted octanol–water partition coefficient (Wildman–Crippen LogP) is 3.84. The van der Waals surface area contributed by atoms with Crippen LogP contribution >= 0.6 is 11.6 Å². The number of halogens is 2. The summed E-state index contributed by atoms with van der Waals surface area (Å²) in [6, 6.07) is 8.21. The minimum atomic E-state index is -0.484. The average Bonchev–Trinajstić information content (AvgIpc) is 3.33. The predicted molar refractivity (Wildman–Crippen MR) is 141 cm³/mol. The second kappa shape index (κ2) is 11.5. The van der Waals surface area contributed by atoms with Crippen molar-refractivity contribution in [1.29, 1.82) is 0 Å². The van der Waals surface area contributed by atoms with Crippen molar-refractivity contribution in [2.75, 3.05) is 57.0 Å². The number of cyclic esters (lactones) is 1. The number of hydrogen-bond donors (Lipinski definition) is 2. The number of anilines is 3. The zero-order chi connectivity index (χ0) is 25.8. The van der Waals surface area contributed by atoms with Gasteiger partial charge in [0.25, 0.3) is 0 Å². The number of unbranched alkanes of at least 4 members (excludes halogenated alkanes) is 1. The largest absolute Gasteiger partial charge is 0.491 e. The maximum Gasteiger partial charge on any atom is 0.307 e. The molecule has 2 aliphatic rings. The Hall–Kier alpha value is -3.21. The number of fused-ring (bicyclic) bond motifs is 1. The summed E-state index contributed by atoms with van der Waals surface area (Å²) < 4.78 is 24.6. The maximum atomic E-state index is 13.5. The van der Waals surface area contributed by atoms with E-state index in [2.05, 4.69) is 25.1 Å². The van der Waals surface area contributed by atoms with E-state index >= 15 is 0 Å². The van der Waals surface area contributed by atoms with E-state index < -0.39 is 5.82 Å². The number of piperazine rings is 1. The maximum absolute atomic E-state index is 13.5. The smallest absolute Gasteiger partial charge is 0.307 e. The molecule has 5 rings (SSSR count). The van der Waals surface area contributed by atoms with Gasteiger partial charge >= 0.3 is 5.97 Å². The number of rotatable bonds is 9. The van der Waals surface area contributed by atoms with Crippen molar-refractivity contribution < 1.29 is 18.7 Å². The Morgan fingerprint density at radius 3 is 2.76 bits per heavy atom. The highest BCUT2D eigenvalue weighted by atomic mass is 35.5. The first-order valence-electron chi connectivity index (χ1n) is 12.5. The molecule has 0 saturated carbocycles. The summed E-state index contributed by atoms with van der Waals surface area (Å²) in [5, 5.41) is 3.89. The van der Waals surface area contributed by atoms with Gasteiger partial charge in [-0.3, -0.25) is 9.69 Å². The average molecular weight is 529 g/mol. The van der Waals surface area contributed by atoms with Crippen molar-refractivity contribution in [3.63, 3.8) is 0 Å². The molecule has 2 saturated heterocycles. The summed E-state index contributed by atoms with van der Waals surface area (Å²) in [6.07, 6.45) is 3.90. The van der Waals surface area contributed by atoms with Crippen molar-refractivity contribution in [2.24, 2.45) is 0 Å². The summed E-state index contributed by atoms with van der Waals surface area (Å²) in [5.74, 6) is 0.559. The van der Waals surface area contributed by atoms with Gasteiger partial charge in [-0.1, -0.05) is 11.6 Å². The Balaban J connectivity index is 1.10. The number of ether oxygens (including phenoxy) is 2. The van der Waals surface area contributed by atoms with Gasteiger partial charge in [0, 0.05) is 43.3 Å². The normalized spacial score (nSPS) is 18.8. The highest BCUT2D eigenvalue weighted by Crippen LogP contribution is 2.32. The van der Waals surface area contributed by atoms with Gasteiger partial charge in [0.05, 0.1) is 35.3 Å². The zero-order valence-corrected chi connectivity index (χ0v) is 21.2. The van der Waals surface area contributed by atoms with E-state index in [0.717, 1.165) is 51.0 Å². The van der Waals surface area contributed by atoms with Crippen LogP contribution in [0, 0.1) is 5.82 Å². The molecule has 3 N–H and O–H groups in total. The Morgan fingerprint density at radius 2 is 2.00 bits per heavy atom. The van der Waals surface area contributed by atoms with Crippen LogP contribution in [0.5, 0.6) is 5.75 Å². The number of carbonyl (C=O) groups excluding carboxylic acids is 1. The van der Waals surface area contributed by atoms with Gasteiger partial charge < -0.3 is 25.4 Å². The van der Waals surface area contributed by atoms with E-state index in [1.54, 1.807) is 12.1 Å². The zero-order valence-electron chi connectivity index (χ0n) is 20.5. The minimum Gasteiger partial charge on any atom is -0.491 e. The summed E-state index contributed by atoms with van der Waals surface area (Å²) in [4.78, 5) is 24.8. The first kappa shape index (κ1) is 25.4. The van der Waals surface area contributed by atoms with Crippen molar-refractivity contribution in [1.82, 2.24) is 19.8 Å². The molecule has 11 heteroatoms. The number of esters is 1. The highest BCUT2D eigenvalue weighted by Gasteiger charge is 2.31. The molecule has 37 heavy (non-hydrogen) atoms. The van der Waals surface area contributed by atoms with E-state index in [9.17, 15) is 9.18 Å². The second-order valence-corrected chi connectivity index (χ2v) is 9.76. The summed E-state index contributed by atoms with van der Waals surface area (Å²) >= 11 is 5.89. The SMILES string of the molecule is Nc1cc2c(Nc3ccc(F)c(Cl)c3)ncnc2cc1OCCCCN1CCN(C2COC(=O)C2)CC1. The number of benzene rings is 2. The molecule has 2 aliphatic heterocycles. The topological polar surface area (TPSA) is 106 Å². The van der Waals surface area contributed by atoms with Crippen LogP contribution in [0.2, 0.25) is 5.02 Å². The van der Waals surface area contributed by atoms with Gasteiger partial charge in [-0.25, -0.2) is 14.4 Å². The number of aromatic nitrogens is 2. The molecule has 1 unspecified atom stereocenters. The molecule has 3 aromatic rings. The van der Waals surface area contributed by atoms with E-state index in [1.807, 2.05) is 6.07 Å². The molecule has 0 radical (unpaired) electrons. The minimum absolute atomic E-state index is 0.0256. The van der Waals surface area contributed by atoms with Crippen molar-refractivity contribution in [3.05, 3.63) is 47.5 Å². The lowest BCUT2D eigenvalue weighted by Crippen LogP contribution is -2.50. The van der Waals surface area contributed by atoms with Crippen LogP contribution in [0.3, 0.4) is 0 Å². The fourth-order valence-corrected chi connectivity index (χ4v) is 4.92. The van der Waals surface area contributed by atoms with Gasteiger partial charge in [0.2, 0.25) is 0 Å². The lowest BCUT2D eigenvalue weighted by molar-refractivity contribution is -0.137. The number of nitrogens with two attached hydrogens (primary N) is 1. The fraction of sp³-hybridized carbons (Fsp3) is 0.423. The van der Waals surface area contributed by atoms with Gasteiger partial charge in [-0.2, -0.15) is 0 Å². The van der Waals surface area contributed by atoms with Crippen molar-refractivity contribution in [2.45, 2.75) is 25.3 Å². The summed E-state index contributed by atoms with van der Waals surface area (Å²) in [6.45, 7) is 6.05. The first-order valence-corrected chi connectivity index (χ1v) is 12.9. The van der Waals surface area contributed by atoms with Gasteiger partial charge in [0.15, 0.2) is 0 Å². The molecule has 3 heterocycles. The van der Waals surface area contributed by atoms with E-state index in [1.165, 1.54) is 18.5 Å². The van der Waals surface area contributed by atoms with Crippen LogP contribution in [0.25, 0.3) is 10.9 Å². The lowest BCUT2D eigenvalue weighted by atomic mass is 10.1. The number of nitrogens with zero attached hydrogens (tertiary/aromatic N) is 4. The van der Waals surface area contributed by atoms with Gasteiger partial charge in [0.1, 0.15) is 30.3 Å². The molecule has 0 spiro atoms. The molecule has 1 aromatic heterocycles. The van der Waals surface area contributed by atoms with E-state index in [4.69, 9.17) is 26.8 Å². The summed E-state index contributed by atoms with van der Waals surface area (Å²) in [7, 11) is 0. The van der Waals surface area contributed by atoms with Crippen molar-refractivity contribution >= 4 is 45.7 Å². The van der Waals surface area contributed by atoms with Crippen LogP contribution in [0.1, 0.15) is 19.3 Å². The third-order valence-corrected chi connectivity index (χ3v) is 7.13. The van der Waals surface area contributed by atoms with Crippen molar-refractivity contribution in [3.8, 4) is 5.75 Å². The fourth-order valence-electron chi connectivity index (χ4n) is 4.74. The third kappa shape index (κ3) is 6.20. The van der Waals surface area contributed by atoms with E-state index in [0.29, 0.717) is 48.1 Å². The van der Waals surface area contributed by atoms with Crippen LogP contribution in [0.15, 0.2) is 36.7 Å². The third-order valence-electron chi connectivity index (χ3n) is 6.84. The molecular formula is C26H30ClFN6O3. The molecule has 1 atom stereocenters. The molecule has 9 nitrogen and oxygen atoms in total. The van der Waals surface area contributed by atoms with Crippen LogP contribution in [-0.4, -0.2) is 77.7 Å². The summed E-state index contributed by atoms with van der Waals surface area (Å²) in [5.41, 5.74) is 8.06. The molecule has 2 fully saturated rings. The van der Waals surface area contributed by atoms with Gasteiger partial charge in [-0.15, -0.1) is 0 Å². The van der Waals surface area contributed by atoms with Crippen LogP contribution < -0.4 is 15.8 Å². The molecular weight excluding hydrogens is 499 g/mol. The Bertz CT molecular complexity index is 1270. The molecule has 0 amide bonds. The molecule has 0 aliphatic carbocycles. The number of nitrogen functional groups attached to an aromatic ring is 1. The molecule has 2 aromatic carbocycles. The number of hydrogen-bond acceptors (Lipinski definition) is 9. The number of nitrogens with one attached hydrogen (secondary N) is 1. The molecule has 196 valence electrons. The van der Waals surface area contributed by atoms with Crippen LogP contribution in [-0.2, 0) is 9.53 Å². The second-order valence-electron chi connectivity index (χ2n) is 9.36. The highest BCUT2D eigenvalue weighted by molar-refractivity contribution is 6.31.